The molecule has 1 amide bonds. The molecule has 134 valence electrons. The summed E-state index contributed by atoms with van der Waals surface area (Å²) in [5, 5.41) is 0.522. The summed E-state index contributed by atoms with van der Waals surface area (Å²) in [6.45, 7) is 1.43. The monoisotopic (exact) mass is 371 g/mol. The van der Waals surface area contributed by atoms with Crippen LogP contribution in [0.2, 0.25) is 5.02 Å². The number of hydrogen-bond acceptors (Lipinski definition) is 4. The zero-order valence-electron chi connectivity index (χ0n) is 14.2. The maximum atomic E-state index is 12.5. The molecule has 5 nitrogen and oxygen atoms in total. The Kier molecular flexibility index (Phi) is 4.55. The summed E-state index contributed by atoms with van der Waals surface area (Å²) >= 11 is 5.91. The quantitative estimate of drug-likeness (QED) is 0.770. The summed E-state index contributed by atoms with van der Waals surface area (Å²) in [7, 11) is 0. The molecule has 0 spiro atoms. The van der Waals surface area contributed by atoms with Crippen LogP contribution in [0.4, 0.5) is 0 Å². The molecule has 2 aromatic carbocycles. The number of rotatable bonds is 4. The number of ketones is 1. The second-order valence-corrected chi connectivity index (χ2v) is 6.91. The van der Waals surface area contributed by atoms with Crippen LogP contribution >= 0.6 is 11.6 Å². The SMILES string of the molecule is O=C(CCC(=O)N1CCc2cc3c(cc2C1)OCO3)c1cccc(Cl)c1. The number of nitrogens with zero attached hydrogens (tertiary/aromatic N) is 1. The minimum Gasteiger partial charge on any atom is -0.454 e. The first-order valence-corrected chi connectivity index (χ1v) is 8.96. The van der Waals surface area contributed by atoms with Gasteiger partial charge in [-0.3, -0.25) is 9.59 Å². The van der Waals surface area contributed by atoms with Gasteiger partial charge < -0.3 is 14.4 Å². The van der Waals surface area contributed by atoms with E-state index in [1.54, 1.807) is 29.2 Å². The van der Waals surface area contributed by atoms with Gasteiger partial charge in [0.05, 0.1) is 0 Å². The first-order valence-electron chi connectivity index (χ1n) is 8.58. The minimum absolute atomic E-state index is 0.0105. The molecule has 0 aromatic heterocycles. The van der Waals surface area contributed by atoms with Crippen molar-refractivity contribution in [2.24, 2.45) is 0 Å². The minimum atomic E-state index is -0.0679. The molecule has 4 rings (SSSR count). The Labute approximate surface area is 156 Å². The van der Waals surface area contributed by atoms with E-state index in [-0.39, 0.29) is 31.3 Å². The number of ether oxygens (including phenoxy) is 2. The summed E-state index contributed by atoms with van der Waals surface area (Å²) in [6.07, 6.45) is 1.16. The lowest BCUT2D eigenvalue weighted by atomic mass is 9.98. The lowest BCUT2D eigenvalue weighted by Gasteiger charge is -2.29. The number of fused-ring (bicyclic) bond motifs is 2. The molecule has 2 heterocycles. The van der Waals surface area contributed by atoms with Gasteiger partial charge in [-0.05, 0) is 41.8 Å². The Balaban J connectivity index is 1.38. The van der Waals surface area contributed by atoms with E-state index >= 15 is 0 Å². The first kappa shape index (κ1) is 16.9. The maximum absolute atomic E-state index is 12.5. The van der Waals surface area contributed by atoms with Crippen molar-refractivity contribution in [2.75, 3.05) is 13.3 Å². The highest BCUT2D eigenvalue weighted by Crippen LogP contribution is 2.36. The Morgan fingerprint density at radius 1 is 1.04 bits per heavy atom. The number of benzene rings is 2. The number of amides is 1. The number of carbonyl (C=O) groups excluding carboxylic acids is 2. The van der Waals surface area contributed by atoms with Crippen LogP contribution in [0.25, 0.3) is 0 Å². The highest BCUT2D eigenvalue weighted by Gasteiger charge is 2.25. The highest BCUT2D eigenvalue weighted by molar-refractivity contribution is 6.31. The molecule has 2 aliphatic heterocycles. The van der Waals surface area contributed by atoms with E-state index in [1.165, 1.54) is 5.56 Å². The van der Waals surface area contributed by atoms with Crippen LogP contribution in [0.3, 0.4) is 0 Å². The van der Waals surface area contributed by atoms with Gasteiger partial charge in [0.1, 0.15) is 0 Å². The lowest BCUT2D eigenvalue weighted by Crippen LogP contribution is -2.36. The van der Waals surface area contributed by atoms with Gasteiger partial charge in [-0.2, -0.15) is 0 Å². The summed E-state index contributed by atoms with van der Waals surface area (Å²) in [5.41, 5.74) is 2.81. The van der Waals surface area contributed by atoms with Crippen LogP contribution in [0.1, 0.15) is 34.3 Å². The summed E-state index contributed by atoms with van der Waals surface area (Å²) in [5.74, 6) is 1.43. The first-order chi connectivity index (χ1) is 12.6. The predicted molar refractivity (Wildman–Crippen MR) is 96.7 cm³/mol. The Bertz CT molecular complexity index is 880. The van der Waals surface area contributed by atoms with Crippen molar-refractivity contribution in [2.45, 2.75) is 25.8 Å². The fraction of sp³-hybridized carbons (Fsp3) is 0.300. The molecule has 2 aromatic rings. The van der Waals surface area contributed by atoms with E-state index in [9.17, 15) is 9.59 Å². The van der Waals surface area contributed by atoms with E-state index in [0.29, 0.717) is 23.7 Å². The number of Topliss-reactive ketones (excluding diaryl/α,β-unsaturated/α-hetero) is 1. The van der Waals surface area contributed by atoms with Crippen molar-refractivity contribution in [3.63, 3.8) is 0 Å². The normalized spacial score (nSPS) is 14.9. The summed E-state index contributed by atoms with van der Waals surface area (Å²) in [6, 6.07) is 10.8. The van der Waals surface area contributed by atoms with Crippen molar-refractivity contribution in [3.05, 3.63) is 58.1 Å². The number of carbonyl (C=O) groups is 2. The second-order valence-electron chi connectivity index (χ2n) is 6.47. The fourth-order valence-electron chi connectivity index (χ4n) is 3.34. The zero-order chi connectivity index (χ0) is 18.1. The molecule has 0 aliphatic carbocycles. The fourth-order valence-corrected chi connectivity index (χ4v) is 3.53. The molecule has 0 saturated carbocycles. The topological polar surface area (TPSA) is 55.8 Å². The Morgan fingerprint density at radius 3 is 2.58 bits per heavy atom. The molecular weight excluding hydrogens is 354 g/mol. The van der Waals surface area contributed by atoms with Crippen molar-refractivity contribution in [1.29, 1.82) is 0 Å². The van der Waals surface area contributed by atoms with E-state index in [4.69, 9.17) is 21.1 Å². The van der Waals surface area contributed by atoms with Gasteiger partial charge in [-0.25, -0.2) is 0 Å². The summed E-state index contributed by atoms with van der Waals surface area (Å²) in [4.78, 5) is 26.6. The zero-order valence-corrected chi connectivity index (χ0v) is 14.9. The van der Waals surface area contributed by atoms with E-state index in [0.717, 1.165) is 23.5 Å². The largest absolute Gasteiger partial charge is 0.454 e. The maximum Gasteiger partial charge on any atom is 0.231 e. The van der Waals surface area contributed by atoms with Crippen LogP contribution in [0.15, 0.2) is 36.4 Å². The van der Waals surface area contributed by atoms with Crippen LogP contribution in [-0.4, -0.2) is 29.9 Å². The van der Waals surface area contributed by atoms with Gasteiger partial charge in [0, 0.05) is 36.5 Å². The third-order valence-electron chi connectivity index (χ3n) is 4.77. The predicted octanol–water partition coefficient (Wildman–Crippen LogP) is 3.62. The molecule has 26 heavy (non-hydrogen) atoms. The van der Waals surface area contributed by atoms with E-state index < -0.39 is 0 Å². The van der Waals surface area contributed by atoms with Crippen molar-refractivity contribution >= 4 is 23.3 Å². The van der Waals surface area contributed by atoms with Crippen LogP contribution in [0, 0.1) is 0 Å². The summed E-state index contributed by atoms with van der Waals surface area (Å²) < 4.78 is 10.8. The molecule has 0 unspecified atom stereocenters. The van der Waals surface area contributed by atoms with E-state index in [1.807, 2.05) is 12.1 Å². The highest BCUT2D eigenvalue weighted by atomic mass is 35.5. The van der Waals surface area contributed by atoms with Crippen LogP contribution < -0.4 is 9.47 Å². The van der Waals surface area contributed by atoms with Gasteiger partial charge >= 0.3 is 0 Å². The average molecular weight is 372 g/mol. The number of hydrogen-bond donors (Lipinski definition) is 0. The van der Waals surface area contributed by atoms with E-state index in [2.05, 4.69) is 0 Å². The molecule has 2 aliphatic rings. The Hall–Kier alpha value is -2.53. The van der Waals surface area contributed by atoms with Crippen LogP contribution in [0.5, 0.6) is 11.5 Å². The van der Waals surface area contributed by atoms with Gasteiger partial charge in [0.15, 0.2) is 17.3 Å². The van der Waals surface area contributed by atoms with Crippen molar-refractivity contribution < 1.29 is 19.1 Å². The lowest BCUT2D eigenvalue weighted by molar-refractivity contribution is -0.132. The molecule has 6 heteroatoms. The Morgan fingerprint density at radius 2 is 1.81 bits per heavy atom. The smallest absolute Gasteiger partial charge is 0.231 e. The van der Waals surface area contributed by atoms with Gasteiger partial charge in [-0.15, -0.1) is 0 Å². The van der Waals surface area contributed by atoms with Crippen LogP contribution in [-0.2, 0) is 17.8 Å². The third-order valence-corrected chi connectivity index (χ3v) is 5.01. The van der Waals surface area contributed by atoms with Gasteiger partial charge in [-0.1, -0.05) is 23.7 Å². The third kappa shape index (κ3) is 3.40. The standard InChI is InChI=1S/C20H18ClNO4/c21-16-3-1-2-14(8-16)17(23)4-5-20(24)22-7-6-13-9-18-19(26-12-25-18)10-15(13)11-22/h1-3,8-10H,4-7,11-12H2. The average Bonchev–Trinajstić information content (AvgIpc) is 3.10. The molecule has 0 N–H and O–H groups in total. The number of halogens is 1. The van der Waals surface area contributed by atoms with Crippen molar-refractivity contribution in [1.82, 2.24) is 4.90 Å². The second kappa shape index (κ2) is 7.00. The van der Waals surface area contributed by atoms with Crippen molar-refractivity contribution in [3.8, 4) is 11.5 Å². The molecular formula is C20H18ClNO4. The molecule has 0 fully saturated rings. The molecule has 0 saturated heterocycles. The van der Waals surface area contributed by atoms with Gasteiger partial charge in [0.2, 0.25) is 12.7 Å². The molecule has 0 radical (unpaired) electrons. The molecule has 0 atom stereocenters. The molecule has 0 bridgehead atoms. The van der Waals surface area contributed by atoms with Gasteiger partial charge in [0.25, 0.3) is 0 Å².